The molecule has 1 amide bonds. The third kappa shape index (κ3) is 3.58. The van der Waals surface area contributed by atoms with E-state index in [0.29, 0.717) is 30.1 Å². The Bertz CT molecular complexity index is 747. The van der Waals surface area contributed by atoms with Gasteiger partial charge in [0, 0.05) is 37.7 Å². The van der Waals surface area contributed by atoms with Crippen molar-refractivity contribution in [3.63, 3.8) is 0 Å². The highest BCUT2D eigenvalue weighted by Crippen LogP contribution is 2.39. The number of benzene rings is 1. The van der Waals surface area contributed by atoms with Gasteiger partial charge in [0.15, 0.2) is 0 Å². The standard InChI is InChI=1S/C19H24N4O2/c1-13-3-5-15(6-4-13)18-20-17(25-21-18)12-22-7-9-23(10-8-22)19(24)16-11-14(16)2/h3-6,14,16H,7-12H2,1-2H3/t14-,16-/m0/s1. The van der Waals surface area contributed by atoms with Crippen LogP contribution in [-0.2, 0) is 11.3 Å². The molecule has 4 rings (SSSR count). The van der Waals surface area contributed by atoms with Crippen LogP contribution in [0, 0.1) is 18.8 Å². The molecule has 0 spiro atoms. The lowest BCUT2D eigenvalue weighted by atomic mass is 10.1. The highest BCUT2D eigenvalue weighted by molar-refractivity contribution is 5.81. The fourth-order valence-electron chi connectivity index (χ4n) is 3.36. The molecule has 132 valence electrons. The molecule has 1 aliphatic heterocycles. The van der Waals surface area contributed by atoms with Gasteiger partial charge in [0.05, 0.1) is 6.54 Å². The zero-order valence-electron chi connectivity index (χ0n) is 14.8. The molecule has 2 heterocycles. The van der Waals surface area contributed by atoms with Crippen molar-refractivity contribution in [3.05, 3.63) is 35.7 Å². The summed E-state index contributed by atoms with van der Waals surface area (Å²) in [6, 6.07) is 8.10. The molecule has 1 saturated carbocycles. The van der Waals surface area contributed by atoms with Crippen molar-refractivity contribution in [2.45, 2.75) is 26.8 Å². The van der Waals surface area contributed by atoms with Crippen LogP contribution in [0.15, 0.2) is 28.8 Å². The minimum Gasteiger partial charge on any atom is -0.340 e. The second kappa shape index (κ2) is 6.59. The van der Waals surface area contributed by atoms with Gasteiger partial charge in [0.1, 0.15) is 0 Å². The van der Waals surface area contributed by atoms with Gasteiger partial charge in [0.2, 0.25) is 17.6 Å². The summed E-state index contributed by atoms with van der Waals surface area (Å²) < 4.78 is 5.41. The first kappa shape index (κ1) is 16.3. The zero-order valence-corrected chi connectivity index (χ0v) is 14.8. The van der Waals surface area contributed by atoms with Crippen LogP contribution in [0.4, 0.5) is 0 Å². The number of hydrogen-bond acceptors (Lipinski definition) is 5. The number of carbonyl (C=O) groups excluding carboxylic acids is 1. The van der Waals surface area contributed by atoms with E-state index >= 15 is 0 Å². The van der Waals surface area contributed by atoms with Gasteiger partial charge in [-0.15, -0.1) is 0 Å². The maximum Gasteiger partial charge on any atom is 0.241 e. The number of hydrogen-bond donors (Lipinski definition) is 0. The van der Waals surface area contributed by atoms with E-state index in [-0.39, 0.29) is 5.92 Å². The molecule has 0 N–H and O–H groups in total. The second-order valence-corrected chi connectivity index (χ2v) is 7.30. The average molecular weight is 340 g/mol. The van der Waals surface area contributed by atoms with Crippen molar-refractivity contribution in [2.75, 3.05) is 26.2 Å². The molecule has 0 radical (unpaired) electrons. The Morgan fingerprint density at radius 1 is 1.20 bits per heavy atom. The Labute approximate surface area is 147 Å². The third-order valence-electron chi connectivity index (χ3n) is 5.25. The molecule has 0 bridgehead atoms. The van der Waals surface area contributed by atoms with Gasteiger partial charge < -0.3 is 9.42 Å². The summed E-state index contributed by atoms with van der Waals surface area (Å²) in [5, 5.41) is 4.09. The zero-order chi connectivity index (χ0) is 17.4. The van der Waals surface area contributed by atoms with Crippen LogP contribution in [0.5, 0.6) is 0 Å². The average Bonchev–Trinajstić information content (AvgIpc) is 3.17. The van der Waals surface area contributed by atoms with Crippen molar-refractivity contribution in [3.8, 4) is 11.4 Å². The van der Waals surface area contributed by atoms with Gasteiger partial charge in [0.25, 0.3) is 0 Å². The van der Waals surface area contributed by atoms with E-state index in [0.717, 1.165) is 38.2 Å². The highest BCUT2D eigenvalue weighted by Gasteiger charge is 2.41. The molecule has 6 nitrogen and oxygen atoms in total. The van der Waals surface area contributed by atoms with E-state index in [1.807, 2.05) is 29.2 Å². The highest BCUT2D eigenvalue weighted by atomic mass is 16.5. The number of carbonyl (C=O) groups is 1. The molecule has 25 heavy (non-hydrogen) atoms. The Balaban J connectivity index is 1.31. The summed E-state index contributed by atoms with van der Waals surface area (Å²) in [6.45, 7) is 8.15. The molecule has 2 fully saturated rings. The van der Waals surface area contributed by atoms with Crippen molar-refractivity contribution < 1.29 is 9.32 Å². The van der Waals surface area contributed by atoms with Crippen molar-refractivity contribution in [2.24, 2.45) is 11.8 Å². The molecule has 1 aromatic heterocycles. The van der Waals surface area contributed by atoms with Crippen LogP contribution in [-0.4, -0.2) is 52.0 Å². The van der Waals surface area contributed by atoms with Crippen molar-refractivity contribution in [1.29, 1.82) is 0 Å². The molecule has 1 aromatic carbocycles. The summed E-state index contributed by atoms with van der Waals surface area (Å²) in [5.41, 5.74) is 2.18. The van der Waals surface area contributed by atoms with Gasteiger partial charge in [-0.2, -0.15) is 4.98 Å². The first-order valence-corrected chi connectivity index (χ1v) is 9.01. The van der Waals surface area contributed by atoms with E-state index in [9.17, 15) is 4.79 Å². The van der Waals surface area contributed by atoms with Crippen LogP contribution in [0.3, 0.4) is 0 Å². The Morgan fingerprint density at radius 3 is 2.52 bits per heavy atom. The lowest BCUT2D eigenvalue weighted by molar-refractivity contribution is -0.134. The number of amides is 1. The van der Waals surface area contributed by atoms with Gasteiger partial charge >= 0.3 is 0 Å². The minimum atomic E-state index is 0.277. The smallest absolute Gasteiger partial charge is 0.241 e. The Kier molecular flexibility index (Phi) is 4.29. The van der Waals surface area contributed by atoms with Crippen LogP contribution in [0.2, 0.25) is 0 Å². The Hall–Kier alpha value is -2.21. The summed E-state index contributed by atoms with van der Waals surface area (Å²) in [7, 11) is 0. The predicted octanol–water partition coefficient (Wildman–Crippen LogP) is 2.35. The number of piperazine rings is 1. The summed E-state index contributed by atoms with van der Waals surface area (Å²) in [6.07, 6.45) is 1.06. The lowest BCUT2D eigenvalue weighted by Crippen LogP contribution is -2.48. The summed E-state index contributed by atoms with van der Waals surface area (Å²) in [4.78, 5) is 21.1. The van der Waals surface area contributed by atoms with Crippen molar-refractivity contribution in [1.82, 2.24) is 19.9 Å². The van der Waals surface area contributed by atoms with Crippen LogP contribution in [0.1, 0.15) is 24.8 Å². The third-order valence-corrected chi connectivity index (χ3v) is 5.25. The predicted molar refractivity (Wildman–Crippen MR) is 93.6 cm³/mol. The van der Waals surface area contributed by atoms with Crippen LogP contribution < -0.4 is 0 Å². The molecule has 1 saturated heterocycles. The number of nitrogens with zero attached hydrogens (tertiary/aromatic N) is 4. The fraction of sp³-hybridized carbons (Fsp3) is 0.526. The monoisotopic (exact) mass is 340 g/mol. The van der Waals surface area contributed by atoms with Gasteiger partial charge in [-0.3, -0.25) is 9.69 Å². The van der Waals surface area contributed by atoms with Gasteiger partial charge in [-0.25, -0.2) is 0 Å². The first-order chi connectivity index (χ1) is 12.1. The molecule has 6 heteroatoms. The van der Waals surface area contributed by atoms with Crippen LogP contribution in [0.25, 0.3) is 11.4 Å². The van der Waals surface area contributed by atoms with Crippen molar-refractivity contribution >= 4 is 5.91 Å². The number of aryl methyl sites for hydroxylation is 1. The number of rotatable bonds is 4. The fourth-order valence-corrected chi connectivity index (χ4v) is 3.36. The Morgan fingerprint density at radius 2 is 1.88 bits per heavy atom. The van der Waals surface area contributed by atoms with Crippen LogP contribution >= 0.6 is 0 Å². The molecular weight excluding hydrogens is 316 g/mol. The minimum absolute atomic E-state index is 0.277. The SMILES string of the molecule is Cc1ccc(-c2noc(CN3CCN(C(=O)[C@H]4C[C@@H]4C)CC3)n2)cc1. The molecule has 2 atom stereocenters. The number of aromatic nitrogens is 2. The van der Waals surface area contributed by atoms with E-state index < -0.39 is 0 Å². The van der Waals surface area contributed by atoms with E-state index in [1.54, 1.807) is 0 Å². The van der Waals surface area contributed by atoms with E-state index in [4.69, 9.17) is 4.52 Å². The molecular formula is C19H24N4O2. The summed E-state index contributed by atoms with van der Waals surface area (Å²) >= 11 is 0. The maximum atomic E-state index is 12.3. The molecule has 2 aromatic rings. The molecule has 2 aliphatic rings. The van der Waals surface area contributed by atoms with Gasteiger partial charge in [-0.1, -0.05) is 41.9 Å². The maximum absolute atomic E-state index is 12.3. The molecule has 1 aliphatic carbocycles. The topological polar surface area (TPSA) is 62.5 Å². The quantitative estimate of drug-likeness (QED) is 0.855. The normalized spacial score (nSPS) is 23.7. The van der Waals surface area contributed by atoms with E-state index in [2.05, 4.69) is 28.9 Å². The lowest BCUT2D eigenvalue weighted by Gasteiger charge is -2.34. The second-order valence-electron chi connectivity index (χ2n) is 7.30. The molecule has 0 unspecified atom stereocenters. The first-order valence-electron chi connectivity index (χ1n) is 9.01. The van der Waals surface area contributed by atoms with E-state index in [1.165, 1.54) is 5.56 Å². The van der Waals surface area contributed by atoms with Gasteiger partial charge in [-0.05, 0) is 19.3 Å². The largest absolute Gasteiger partial charge is 0.340 e. The summed E-state index contributed by atoms with van der Waals surface area (Å²) in [5.74, 6) is 2.45.